The third-order valence-corrected chi connectivity index (χ3v) is 2.76. The molecule has 0 aromatic carbocycles. The minimum atomic E-state index is -0.0248. The van der Waals surface area contributed by atoms with E-state index < -0.39 is 0 Å². The van der Waals surface area contributed by atoms with Crippen LogP contribution in [0.2, 0.25) is 6.04 Å². The molecule has 0 aliphatic rings. The highest BCUT2D eigenvalue weighted by Gasteiger charge is 2.04. The number of halogens is 1. The quantitative estimate of drug-likeness (QED) is 0.266. The SMILES string of the molecule is COC(OC)[Si]CCCCl. The van der Waals surface area contributed by atoms with E-state index in [0.29, 0.717) is 9.52 Å². The molecule has 2 nitrogen and oxygen atoms in total. The van der Waals surface area contributed by atoms with Gasteiger partial charge in [-0.25, -0.2) is 0 Å². The Bertz CT molecular complexity index is 68.8. The summed E-state index contributed by atoms with van der Waals surface area (Å²) in [6, 6.07) is 1.09. The second-order valence-electron chi connectivity index (χ2n) is 1.80. The lowest BCUT2D eigenvalue weighted by Crippen LogP contribution is -2.20. The Hall–Kier alpha value is 0.427. The molecule has 0 aliphatic heterocycles. The molecule has 0 saturated heterocycles. The van der Waals surface area contributed by atoms with E-state index in [-0.39, 0.29) is 5.91 Å². The smallest absolute Gasteiger partial charge is 0.136 e. The van der Waals surface area contributed by atoms with E-state index >= 15 is 0 Å². The highest BCUT2D eigenvalue weighted by molar-refractivity contribution is 6.36. The van der Waals surface area contributed by atoms with Crippen molar-refractivity contribution in [3.05, 3.63) is 0 Å². The summed E-state index contributed by atoms with van der Waals surface area (Å²) in [5.74, 6) is 0.705. The monoisotopic (exact) mass is 180 g/mol. The van der Waals surface area contributed by atoms with Crippen LogP contribution in [0.5, 0.6) is 0 Å². The number of rotatable bonds is 6. The van der Waals surface area contributed by atoms with Gasteiger partial charge >= 0.3 is 0 Å². The summed E-state index contributed by atoms with van der Waals surface area (Å²) in [4.78, 5) is 0. The highest BCUT2D eigenvalue weighted by Crippen LogP contribution is 1.96. The summed E-state index contributed by atoms with van der Waals surface area (Å²) in [6.07, 6.45) is 1.04. The van der Waals surface area contributed by atoms with Crippen LogP contribution in [0.4, 0.5) is 0 Å². The second-order valence-corrected chi connectivity index (χ2v) is 3.56. The molecule has 0 amide bonds. The first-order valence-electron chi connectivity index (χ1n) is 3.20. The largest absolute Gasteiger partial charge is 0.360 e. The molecular formula is C6H13ClO2Si. The maximum absolute atomic E-state index is 5.49. The lowest BCUT2D eigenvalue weighted by Gasteiger charge is -2.10. The highest BCUT2D eigenvalue weighted by atomic mass is 35.5. The normalized spacial score (nSPS) is 10.8. The first kappa shape index (κ1) is 10.4. The fourth-order valence-electron chi connectivity index (χ4n) is 0.550. The van der Waals surface area contributed by atoms with Gasteiger partial charge in [-0.05, 0) is 6.42 Å². The van der Waals surface area contributed by atoms with E-state index in [0.717, 1.165) is 18.3 Å². The first-order valence-corrected chi connectivity index (χ1v) is 5.02. The molecule has 0 spiro atoms. The fraction of sp³-hybridized carbons (Fsp3) is 1.00. The topological polar surface area (TPSA) is 18.5 Å². The van der Waals surface area contributed by atoms with E-state index in [1.54, 1.807) is 14.2 Å². The molecule has 0 atom stereocenters. The van der Waals surface area contributed by atoms with Crippen molar-refractivity contribution in [1.29, 1.82) is 0 Å². The third-order valence-electron chi connectivity index (χ3n) is 1.05. The fourth-order valence-corrected chi connectivity index (χ4v) is 1.86. The molecular weight excluding hydrogens is 168 g/mol. The molecule has 0 saturated carbocycles. The van der Waals surface area contributed by atoms with Gasteiger partial charge in [-0.3, -0.25) is 0 Å². The predicted octanol–water partition coefficient (Wildman–Crippen LogP) is 1.31. The zero-order valence-corrected chi connectivity index (χ0v) is 8.15. The van der Waals surface area contributed by atoms with Gasteiger partial charge in [-0.1, -0.05) is 6.04 Å². The minimum Gasteiger partial charge on any atom is -0.360 e. The van der Waals surface area contributed by atoms with Crippen LogP contribution >= 0.6 is 11.6 Å². The van der Waals surface area contributed by atoms with Crippen molar-refractivity contribution in [2.24, 2.45) is 0 Å². The third kappa shape index (κ3) is 5.23. The molecule has 0 aliphatic carbocycles. The van der Waals surface area contributed by atoms with Crippen LogP contribution < -0.4 is 0 Å². The lowest BCUT2D eigenvalue weighted by molar-refractivity contribution is -0.0441. The molecule has 0 bridgehead atoms. The predicted molar refractivity (Wildman–Crippen MR) is 43.7 cm³/mol. The Balaban J connectivity index is 3.09. The molecule has 0 unspecified atom stereocenters. The van der Waals surface area contributed by atoms with E-state index in [2.05, 4.69) is 0 Å². The average molecular weight is 181 g/mol. The first-order chi connectivity index (χ1) is 4.85. The summed E-state index contributed by atoms with van der Waals surface area (Å²) >= 11 is 5.49. The van der Waals surface area contributed by atoms with E-state index in [9.17, 15) is 0 Å². The molecule has 2 radical (unpaired) electrons. The van der Waals surface area contributed by atoms with Crippen molar-refractivity contribution in [2.45, 2.75) is 18.4 Å². The zero-order chi connectivity index (χ0) is 7.82. The summed E-state index contributed by atoms with van der Waals surface area (Å²) < 4.78 is 9.99. The van der Waals surface area contributed by atoms with Gasteiger partial charge in [0.15, 0.2) is 0 Å². The second kappa shape index (κ2) is 7.53. The molecule has 4 heteroatoms. The molecule has 10 heavy (non-hydrogen) atoms. The van der Waals surface area contributed by atoms with Gasteiger partial charge in [-0.2, -0.15) is 0 Å². The van der Waals surface area contributed by atoms with Crippen LogP contribution in [0.1, 0.15) is 6.42 Å². The van der Waals surface area contributed by atoms with Gasteiger partial charge in [0, 0.05) is 20.1 Å². The van der Waals surface area contributed by atoms with Crippen LogP contribution in [0.3, 0.4) is 0 Å². The van der Waals surface area contributed by atoms with Gasteiger partial charge in [0.1, 0.15) is 15.4 Å². The molecule has 0 aromatic heterocycles. The number of hydrogen-bond acceptors (Lipinski definition) is 2. The number of hydrogen-bond donors (Lipinski definition) is 0. The van der Waals surface area contributed by atoms with Crippen molar-refractivity contribution in [1.82, 2.24) is 0 Å². The van der Waals surface area contributed by atoms with E-state index in [4.69, 9.17) is 21.1 Å². The minimum absolute atomic E-state index is 0.0248. The van der Waals surface area contributed by atoms with Crippen LogP contribution in [-0.2, 0) is 9.47 Å². The van der Waals surface area contributed by atoms with Crippen LogP contribution in [0.15, 0.2) is 0 Å². The molecule has 0 heterocycles. The molecule has 0 aromatic rings. The Morgan fingerprint density at radius 2 is 2.00 bits per heavy atom. The lowest BCUT2D eigenvalue weighted by atomic mass is 10.6. The Morgan fingerprint density at radius 3 is 2.40 bits per heavy atom. The average Bonchev–Trinajstić information content (AvgIpc) is 1.99. The molecule has 60 valence electrons. The Kier molecular flexibility index (Phi) is 7.85. The van der Waals surface area contributed by atoms with Crippen molar-refractivity contribution < 1.29 is 9.47 Å². The zero-order valence-electron chi connectivity index (χ0n) is 6.39. The molecule has 0 N–H and O–H groups in total. The number of methoxy groups -OCH3 is 2. The molecule has 0 fully saturated rings. The Labute approximate surface area is 69.7 Å². The van der Waals surface area contributed by atoms with Crippen LogP contribution in [-0.4, -0.2) is 35.5 Å². The maximum Gasteiger partial charge on any atom is 0.136 e. The van der Waals surface area contributed by atoms with E-state index in [1.165, 1.54) is 0 Å². The van der Waals surface area contributed by atoms with E-state index in [1.807, 2.05) is 0 Å². The van der Waals surface area contributed by atoms with Crippen LogP contribution in [0, 0.1) is 0 Å². The van der Waals surface area contributed by atoms with Crippen molar-refractivity contribution in [2.75, 3.05) is 20.1 Å². The van der Waals surface area contributed by atoms with Gasteiger partial charge in [0.2, 0.25) is 0 Å². The van der Waals surface area contributed by atoms with Crippen molar-refractivity contribution in [3.63, 3.8) is 0 Å². The summed E-state index contributed by atoms with van der Waals surface area (Å²) in [5, 5.41) is 0. The summed E-state index contributed by atoms with van der Waals surface area (Å²) in [6.45, 7) is 0. The van der Waals surface area contributed by atoms with Gasteiger partial charge in [0.25, 0.3) is 0 Å². The van der Waals surface area contributed by atoms with Gasteiger partial charge in [-0.15, -0.1) is 11.6 Å². The summed E-state index contributed by atoms with van der Waals surface area (Å²) in [7, 11) is 4.01. The van der Waals surface area contributed by atoms with Gasteiger partial charge < -0.3 is 9.47 Å². The Morgan fingerprint density at radius 1 is 1.40 bits per heavy atom. The van der Waals surface area contributed by atoms with Gasteiger partial charge in [0.05, 0.1) is 0 Å². The van der Waals surface area contributed by atoms with Crippen molar-refractivity contribution >= 4 is 21.1 Å². The summed E-state index contributed by atoms with van der Waals surface area (Å²) in [5.41, 5.74) is 0. The standard InChI is InChI=1S/C6H13ClO2Si/c1-8-6(9-2)10-5-3-4-7/h6H,3-5H2,1-2H3. The van der Waals surface area contributed by atoms with Crippen molar-refractivity contribution in [3.8, 4) is 0 Å². The molecule has 0 rings (SSSR count). The number of ether oxygens (including phenoxy) is 2. The maximum atomic E-state index is 5.49. The number of alkyl halides is 1. The van der Waals surface area contributed by atoms with Crippen LogP contribution in [0.25, 0.3) is 0 Å².